The second kappa shape index (κ2) is 7.86. The maximum absolute atomic E-state index is 12.7. The number of amides is 1. The van der Waals surface area contributed by atoms with Crippen LogP contribution in [0, 0.1) is 6.92 Å². The summed E-state index contributed by atoms with van der Waals surface area (Å²) in [6.07, 6.45) is 0. The lowest BCUT2D eigenvalue weighted by molar-refractivity contribution is -0.115. The molecule has 3 aromatic carbocycles. The van der Waals surface area contributed by atoms with Crippen LogP contribution in [0.2, 0.25) is 0 Å². The first kappa shape index (κ1) is 18.3. The average Bonchev–Trinajstić information content (AvgIpc) is 3.17. The predicted molar refractivity (Wildman–Crippen MR) is 112 cm³/mol. The number of hydrogen-bond acceptors (Lipinski definition) is 5. The van der Waals surface area contributed by atoms with Crippen molar-refractivity contribution in [2.75, 3.05) is 5.32 Å². The standard InChI is InChI=1S/C22H19N3O2S/c1-14-7-5-10-17(13-14)21-24-25-22(27-21)28-15(2)20(26)23-19-12-6-9-16-8-3-4-11-18(16)19/h3-13,15H,1-2H3,(H,23,26)/t15-/m1/s1. The van der Waals surface area contributed by atoms with Gasteiger partial charge in [-0.3, -0.25) is 4.79 Å². The van der Waals surface area contributed by atoms with E-state index in [1.54, 1.807) is 0 Å². The molecule has 0 saturated heterocycles. The summed E-state index contributed by atoms with van der Waals surface area (Å²) >= 11 is 1.24. The molecule has 0 aliphatic heterocycles. The average molecular weight is 389 g/mol. The van der Waals surface area contributed by atoms with Crippen molar-refractivity contribution in [3.05, 3.63) is 72.3 Å². The van der Waals surface area contributed by atoms with E-state index in [1.165, 1.54) is 11.8 Å². The highest BCUT2D eigenvalue weighted by Crippen LogP contribution is 2.28. The van der Waals surface area contributed by atoms with Gasteiger partial charge in [0.15, 0.2) is 0 Å². The number of thioether (sulfide) groups is 1. The van der Waals surface area contributed by atoms with Crippen LogP contribution in [0.15, 0.2) is 76.4 Å². The Bertz CT molecular complexity index is 1130. The van der Waals surface area contributed by atoms with Gasteiger partial charge in [-0.1, -0.05) is 65.9 Å². The van der Waals surface area contributed by atoms with E-state index in [0.29, 0.717) is 11.1 Å². The quantitative estimate of drug-likeness (QED) is 0.468. The maximum atomic E-state index is 12.7. The van der Waals surface area contributed by atoms with Crippen molar-refractivity contribution in [2.45, 2.75) is 24.3 Å². The van der Waals surface area contributed by atoms with Gasteiger partial charge in [0.05, 0.1) is 5.25 Å². The monoisotopic (exact) mass is 389 g/mol. The van der Waals surface area contributed by atoms with E-state index in [2.05, 4.69) is 15.5 Å². The van der Waals surface area contributed by atoms with Gasteiger partial charge in [-0.2, -0.15) is 0 Å². The third kappa shape index (κ3) is 3.92. The molecule has 0 saturated carbocycles. The third-order valence-electron chi connectivity index (χ3n) is 4.37. The minimum Gasteiger partial charge on any atom is -0.411 e. The first-order valence-electron chi connectivity index (χ1n) is 8.96. The molecule has 6 heteroatoms. The van der Waals surface area contributed by atoms with Gasteiger partial charge in [0.1, 0.15) is 0 Å². The number of anilines is 1. The van der Waals surface area contributed by atoms with Crippen molar-refractivity contribution in [1.82, 2.24) is 10.2 Å². The fourth-order valence-corrected chi connectivity index (χ4v) is 3.61. The van der Waals surface area contributed by atoms with E-state index in [4.69, 9.17) is 4.42 Å². The summed E-state index contributed by atoms with van der Waals surface area (Å²) in [6, 6.07) is 21.7. The van der Waals surface area contributed by atoms with Crippen LogP contribution in [-0.2, 0) is 4.79 Å². The van der Waals surface area contributed by atoms with Crippen molar-refractivity contribution in [3.8, 4) is 11.5 Å². The highest BCUT2D eigenvalue weighted by Gasteiger charge is 2.19. The lowest BCUT2D eigenvalue weighted by Gasteiger charge is -2.12. The van der Waals surface area contributed by atoms with Gasteiger partial charge >= 0.3 is 0 Å². The minimum absolute atomic E-state index is 0.114. The van der Waals surface area contributed by atoms with Crippen molar-refractivity contribution in [2.24, 2.45) is 0 Å². The van der Waals surface area contributed by atoms with E-state index in [9.17, 15) is 4.79 Å². The Kier molecular flexibility index (Phi) is 5.12. The van der Waals surface area contributed by atoms with Crippen LogP contribution < -0.4 is 5.32 Å². The molecule has 5 nitrogen and oxygen atoms in total. The molecule has 28 heavy (non-hydrogen) atoms. The van der Waals surface area contributed by atoms with Crippen molar-refractivity contribution in [1.29, 1.82) is 0 Å². The van der Waals surface area contributed by atoms with Gasteiger partial charge in [0, 0.05) is 16.6 Å². The molecule has 1 atom stereocenters. The zero-order valence-corrected chi connectivity index (χ0v) is 16.4. The Morgan fingerprint density at radius 1 is 1.04 bits per heavy atom. The number of rotatable bonds is 5. The van der Waals surface area contributed by atoms with Crippen LogP contribution in [0.4, 0.5) is 5.69 Å². The Balaban J connectivity index is 1.46. The van der Waals surface area contributed by atoms with E-state index >= 15 is 0 Å². The predicted octanol–water partition coefficient (Wildman–Crippen LogP) is 5.32. The summed E-state index contributed by atoms with van der Waals surface area (Å²) < 4.78 is 5.73. The molecule has 4 rings (SSSR count). The Morgan fingerprint density at radius 3 is 2.68 bits per heavy atom. The number of fused-ring (bicyclic) bond motifs is 1. The van der Waals surface area contributed by atoms with Crippen molar-refractivity contribution in [3.63, 3.8) is 0 Å². The molecule has 0 bridgehead atoms. The lowest BCUT2D eigenvalue weighted by atomic mass is 10.1. The normalized spacial score (nSPS) is 12.1. The van der Waals surface area contributed by atoms with Crippen LogP contribution in [0.5, 0.6) is 0 Å². The van der Waals surface area contributed by atoms with Gasteiger partial charge in [0.25, 0.3) is 5.22 Å². The molecule has 0 radical (unpaired) electrons. The molecule has 1 aromatic heterocycles. The molecule has 1 amide bonds. The number of aryl methyl sites for hydroxylation is 1. The zero-order chi connectivity index (χ0) is 19.5. The largest absolute Gasteiger partial charge is 0.411 e. The number of nitrogens with one attached hydrogen (secondary N) is 1. The van der Waals surface area contributed by atoms with Crippen LogP contribution in [0.25, 0.3) is 22.2 Å². The fourth-order valence-electron chi connectivity index (χ4n) is 2.93. The topological polar surface area (TPSA) is 68.0 Å². The molecule has 1 N–H and O–H groups in total. The van der Waals surface area contributed by atoms with Crippen LogP contribution in [0.3, 0.4) is 0 Å². The fraction of sp³-hybridized carbons (Fsp3) is 0.136. The smallest absolute Gasteiger partial charge is 0.277 e. The molecule has 0 spiro atoms. The number of carbonyl (C=O) groups is 1. The Hall–Kier alpha value is -3.12. The summed E-state index contributed by atoms with van der Waals surface area (Å²) in [4.78, 5) is 12.7. The van der Waals surface area contributed by atoms with Gasteiger partial charge in [0.2, 0.25) is 11.8 Å². The Morgan fingerprint density at radius 2 is 1.82 bits per heavy atom. The molecule has 0 aliphatic carbocycles. The van der Waals surface area contributed by atoms with E-state index < -0.39 is 0 Å². The molecule has 140 valence electrons. The van der Waals surface area contributed by atoms with Crippen LogP contribution in [0.1, 0.15) is 12.5 Å². The van der Waals surface area contributed by atoms with Crippen LogP contribution >= 0.6 is 11.8 Å². The summed E-state index contributed by atoms with van der Waals surface area (Å²) in [6.45, 7) is 3.83. The number of nitrogens with zero attached hydrogens (tertiary/aromatic N) is 2. The van der Waals surface area contributed by atoms with Crippen LogP contribution in [-0.4, -0.2) is 21.4 Å². The van der Waals surface area contributed by atoms with Gasteiger partial charge in [-0.05, 0) is 37.4 Å². The summed E-state index contributed by atoms with van der Waals surface area (Å²) in [7, 11) is 0. The molecule has 0 fully saturated rings. The second-order valence-electron chi connectivity index (χ2n) is 6.52. The van der Waals surface area contributed by atoms with Gasteiger partial charge in [-0.15, -0.1) is 10.2 Å². The number of aromatic nitrogens is 2. The molecule has 4 aromatic rings. The SMILES string of the molecule is Cc1cccc(-c2nnc(S[C@H](C)C(=O)Nc3cccc4ccccc34)o2)c1. The first-order chi connectivity index (χ1) is 13.6. The molecule has 0 aliphatic rings. The summed E-state index contributed by atoms with van der Waals surface area (Å²) in [5.41, 5.74) is 2.78. The van der Waals surface area contributed by atoms with Crippen molar-refractivity contribution >= 4 is 34.1 Å². The van der Waals surface area contributed by atoms with E-state index in [-0.39, 0.29) is 11.2 Å². The molecular weight excluding hydrogens is 370 g/mol. The van der Waals surface area contributed by atoms with E-state index in [1.807, 2.05) is 80.6 Å². The minimum atomic E-state index is -0.384. The Labute approximate surface area is 167 Å². The number of benzene rings is 3. The third-order valence-corrected chi connectivity index (χ3v) is 5.30. The maximum Gasteiger partial charge on any atom is 0.277 e. The lowest BCUT2D eigenvalue weighted by Crippen LogP contribution is -2.22. The van der Waals surface area contributed by atoms with Gasteiger partial charge < -0.3 is 9.73 Å². The summed E-state index contributed by atoms with van der Waals surface area (Å²) in [5.74, 6) is 0.338. The zero-order valence-electron chi connectivity index (χ0n) is 15.5. The summed E-state index contributed by atoms with van der Waals surface area (Å²) in [5, 5.41) is 13.2. The van der Waals surface area contributed by atoms with Gasteiger partial charge in [-0.25, -0.2) is 0 Å². The number of carbonyl (C=O) groups excluding carboxylic acids is 1. The second-order valence-corrected chi connectivity index (χ2v) is 7.81. The highest BCUT2D eigenvalue weighted by atomic mass is 32.2. The van der Waals surface area contributed by atoms with E-state index in [0.717, 1.165) is 27.6 Å². The molecular formula is C22H19N3O2S. The molecule has 1 heterocycles. The van der Waals surface area contributed by atoms with Crippen molar-refractivity contribution < 1.29 is 9.21 Å². The highest BCUT2D eigenvalue weighted by molar-refractivity contribution is 8.00. The first-order valence-corrected chi connectivity index (χ1v) is 9.84. The number of hydrogen-bond donors (Lipinski definition) is 1. The molecule has 0 unspecified atom stereocenters.